The Morgan fingerprint density at radius 2 is 1.83 bits per heavy atom. The van der Waals surface area contributed by atoms with Crippen LogP contribution in [-0.2, 0) is 11.2 Å². The van der Waals surface area contributed by atoms with Gasteiger partial charge in [0, 0.05) is 16.7 Å². The monoisotopic (exact) mass is 330 g/mol. The summed E-state index contributed by atoms with van der Waals surface area (Å²) in [7, 11) is 0. The Balaban J connectivity index is 3.16. The second-order valence-corrected chi connectivity index (χ2v) is 5.18. The molecule has 0 atom stereocenters. The van der Waals surface area contributed by atoms with Gasteiger partial charge in [0.05, 0.1) is 12.2 Å². The molecule has 0 heterocycles. The van der Waals surface area contributed by atoms with Crippen LogP contribution in [0.25, 0.3) is 0 Å². The average Bonchev–Trinajstić information content (AvgIpc) is 2.48. The van der Waals surface area contributed by atoms with Gasteiger partial charge in [-0.25, -0.2) is 0 Å². The normalized spacial score (nSPS) is 13.3. The van der Waals surface area contributed by atoms with Gasteiger partial charge in [-0.05, 0) is 32.9 Å². The molecule has 0 aliphatic rings. The minimum Gasteiger partial charge on any atom is -0.512 e. The Hall–Kier alpha value is -2.95. The van der Waals surface area contributed by atoms with Gasteiger partial charge in [-0.15, -0.1) is 0 Å². The van der Waals surface area contributed by atoms with Gasteiger partial charge in [0.25, 0.3) is 0 Å². The van der Waals surface area contributed by atoms with Gasteiger partial charge in [-0.3, -0.25) is 4.79 Å². The van der Waals surface area contributed by atoms with Gasteiger partial charge >= 0.3 is 5.97 Å². The molecule has 5 heteroatoms. The quantitative estimate of drug-likeness (QED) is 0.508. The van der Waals surface area contributed by atoms with E-state index in [0.717, 1.165) is 0 Å². The summed E-state index contributed by atoms with van der Waals surface area (Å²) < 4.78 is 5.72. The summed E-state index contributed by atoms with van der Waals surface area (Å²) in [4.78, 5) is 10.9. The molecule has 24 heavy (non-hydrogen) atoms. The molecule has 0 fully saturated rings. The number of aliphatic hydroxyl groups excluding tert-OH is 2. The van der Waals surface area contributed by atoms with Crippen LogP contribution in [0, 0.1) is 0 Å². The molecule has 5 nitrogen and oxygen atoms in total. The van der Waals surface area contributed by atoms with Gasteiger partial charge in [0.2, 0.25) is 0 Å². The summed E-state index contributed by atoms with van der Waals surface area (Å²) in [5.41, 5.74) is 1.30. The number of benzene rings is 1. The lowest BCUT2D eigenvalue weighted by Gasteiger charge is -2.13. The van der Waals surface area contributed by atoms with Gasteiger partial charge in [-0.1, -0.05) is 30.9 Å². The zero-order chi connectivity index (χ0) is 18.3. The number of hydrogen-bond acceptors (Lipinski definition) is 4. The second kappa shape index (κ2) is 8.62. The van der Waals surface area contributed by atoms with Crippen LogP contribution in [0.5, 0.6) is 5.75 Å². The van der Waals surface area contributed by atoms with Crippen LogP contribution in [0.4, 0.5) is 0 Å². The van der Waals surface area contributed by atoms with Crippen LogP contribution < -0.4 is 4.74 Å². The van der Waals surface area contributed by atoms with E-state index in [9.17, 15) is 15.0 Å². The average molecular weight is 330 g/mol. The number of allylic oxidation sites excluding steroid dienone is 5. The Kier molecular flexibility index (Phi) is 6.86. The molecular weight excluding hydrogens is 308 g/mol. The van der Waals surface area contributed by atoms with Crippen LogP contribution in [0.2, 0.25) is 0 Å². The van der Waals surface area contributed by atoms with E-state index in [1.807, 2.05) is 0 Å². The first-order valence-corrected chi connectivity index (χ1v) is 7.36. The Bertz CT molecular complexity index is 719. The van der Waals surface area contributed by atoms with Crippen LogP contribution in [0.3, 0.4) is 0 Å². The SMILES string of the molecule is C=C(O)C(=C\C)/C(/C=C(\C)Oc1ccccc1CC(=O)O)=C(/C)O. The number of aliphatic hydroxyl groups is 2. The van der Waals surface area contributed by atoms with Crippen molar-refractivity contribution in [3.8, 4) is 5.75 Å². The van der Waals surface area contributed by atoms with Crippen molar-refractivity contribution >= 4 is 5.97 Å². The van der Waals surface area contributed by atoms with Crippen LogP contribution >= 0.6 is 0 Å². The van der Waals surface area contributed by atoms with E-state index in [2.05, 4.69) is 6.58 Å². The number of ether oxygens (including phenoxy) is 1. The largest absolute Gasteiger partial charge is 0.512 e. The van der Waals surface area contributed by atoms with Crippen molar-refractivity contribution in [1.82, 2.24) is 0 Å². The highest BCUT2D eigenvalue weighted by Gasteiger charge is 2.12. The highest BCUT2D eigenvalue weighted by molar-refractivity contribution is 5.71. The summed E-state index contributed by atoms with van der Waals surface area (Å²) in [6.07, 6.45) is 3.03. The molecule has 1 rings (SSSR count). The summed E-state index contributed by atoms with van der Waals surface area (Å²) in [6, 6.07) is 6.83. The predicted octanol–water partition coefficient (Wildman–Crippen LogP) is 4.45. The standard InChI is InChI=1S/C19H22O5/c1-5-16(13(3)20)17(14(4)21)10-12(2)24-18-9-7-6-8-15(18)11-19(22)23/h5-10,20-21H,3,11H2,1-2,4H3,(H,22,23)/b12-10+,16-5+,17-14-. The van der Waals surface area contributed by atoms with Crippen molar-refractivity contribution in [2.75, 3.05) is 0 Å². The first-order chi connectivity index (χ1) is 11.3. The van der Waals surface area contributed by atoms with Crippen LogP contribution in [0.15, 0.2) is 71.4 Å². The van der Waals surface area contributed by atoms with E-state index in [1.165, 1.54) is 6.92 Å². The number of carboxylic acids is 1. The van der Waals surface area contributed by atoms with Crippen LogP contribution in [-0.4, -0.2) is 21.3 Å². The van der Waals surface area contributed by atoms with Crippen LogP contribution in [0.1, 0.15) is 26.3 Å². The third-order valence-electron chi connectivity index (χ3n) is 3.21. The van der Waals surface area contributed by atoms with Gasteiger partial charge in [0.1, 0.15) is 17.3 Å². The molecule has 1 aromatic carbocycles. The van der Waals surface area contributed by atoms with E-state index in [1.54, 1.807) is 50.3 Å². The smallest absolute Gasteiger partial charge is 0.307 e. The zero-order valence-electron chi connectivity index (χ0n) is 14.0. The molecule has 0 aromatic heterocycles. The van der Waals surface area contributed by atoms with Crippen molar-refractivity contribution in [2.24, 2.45) is 0 Å². The molecule has 0 amide bonds. The van der Waals surface area contributed by atoms with E-state index in [4.69, 9.17) is 9.84 Å². The number of para-hydroxylation sites is 1. The molecule has 1 aromatic rings. The molecular formula is C19H22O5. The predicted molar refractivity (Wildman–Crippen MR) is 93.0 cm³/mol. The molecule has 0 radical (unpaired) electrons. The Morgan fingerprint density at radius 1 is 1.21 bits per heavy atom. The minimum atomic E-state index is -0.952. The van der Waals surface area contributed by atoms with Gasteiger partial charge < -0.3 is 20.1 Å². The maximum Gasteiger partial charge on any atom is 0.307 e. The fourth-order valence-electron chi connectivity index (χ4n) is 2.17. The van der Waals surface area contributed by atoms with E-state index in [0.29, 0.717) is 28.2 Å². The zero-order valence-corrected chi connectivity index (χ0v) is 14.0. The Labute approximate surface area is 141 Å². The van der Waals surface area contributed by atoms with Gasteiger partial charge in [0.15, 0.2) is 0 Å². The maximum atomic E-state index is 10.9. The number of rotatable bonds is 7. The number of hydrogen-bond donors (Lipinski definition) is 3. The van der Waals surface area contributed by atoms with E-state index in [-0.39, 0.29) is 17.9 Å². The lowest BCUT2D eigenvalue weighted by Crippen LogP contribution is -2.04. The Morgan fingerprint density at radius 3 is 2.33 bits per heavy atom. The maximum absolute atomic E-state index is 10.9. The highest BCUT2D eigenvalue weighted by Crippen LogP contribution is 2.25. The number of carboxylic acid groups (broad SMARTS) is 1. The van der Waals surface area contributed by atoms with Crippen molar-refractivity contribution in [3.63, 3.8) is 0 Å². The van der Waals surface area contributed by atoms with Crippen molar-refractivity contribution in [1.29, 1.82) is 0 Å². The minimum absolute atomic E-state index is 0.0000658. The molecule has 0 saturated heterocycles. The first-order valence-electron chi connectivity index (χ1n) is 7.36. The molecule has 128 valence electrons. The lowest BCUT2D eigenvalue weighted by atomic mass is 10.0. The summed E-state index contributed by atoms with van der Waals surface area (Å²) in [5, 5.41) is 28.4. The van der Waals surface area contributed by atoms with Gasteiger partial charge in [-0.2, -0.15) is 0 Å². The summed E-state index contributed by atoms with van der Waals surface area (Å²) >= 11 is 0. The topological polar surface area (TPSA) is 87.0 Å². The van der Waals surface area contributed by atoms with E-state index >= 15 is 0 Å². The third-order valence-corrected chi connectivity index (χ3v) is 3.21. The molecule has 0 spiro atoms. The molecule has 0 unspecified atom stereocenters. The summed E-state index contributed by atoms with van der Waals surface area (Å²) in [5.74, 6) is -0.270. The second-order valence-electron chi connectivity index (χ2n) is 5.18. The highest BCUT2D eigenvalue weighted by atomic mass is 16.5. The first kappa shape index (κ1) is 19.1. The van der Waals surface area contributed by atoms with Crippen molar-refractivity contribution < 1.29 is 24.9 Å². The molecule has 3 N–H and O–H groups in total. The molecule has 0 aliphatic heterocycles. The third kappa shape index (κ3) is 5.35. The van der Waals surface area contributed by atoms with Crippen molar-refractivity contribution in [2.45, 2.75) is 27.2 Å². The molecule has 0 aliphatic carbocycles. The number of aliphatic carboxylic acids is 1. The lowest BCUT2D eigenvalue weighted by molar-refractivity contribution is -0.136. The summed E-state index contributed by atoms with van der Waals surface area (Å²) in [6.45, 7) is 8.35. The van der Waals surface area contributed by atoms with Crippen molar-refractivity contribution in [3.05, 3.63) is 77.0 Å². The molecule has 0 bridgehead atoms. The fourth-order valence-corrected chi connectivity index (χ4v) is 2.17. The van der Waals surface area contributed by atoms with E-state index < -0.39 is 5.97 Å². The molecule has 0 saturated carbocycles. The fraction of sp³-hybridized carbons (Fsp3) is 0.211. The number of carbonyl (C=O) groups is 1.